The van der Waals surface area contributed by atoms with Crippen molar-refractivity contribution in [3.05, 3.63) is 29.8 Å². The third kappa shape index (κ3) is 6.55. The van der Waals surface area contributed by atoms with Crippen LogP contribution < -0.4 is 15.4 Å². The van der Waals surface area contributed by atoms with E-state index in [1.807, 2.05) is 24.0 Å². The zero-order valence-electron chi connectivity index (χ0n) is 14.9. The van der Waals surface area contributed by atoms with Gasteiger partial charge in [0.05, 0.1) is 12.2 Å². The minimum Gasteiger partial charge on any atom is -0.493 e. The Labute approximate surface area is 155 Å². The third-order valence-electron chi connectivity index (χ3n) is 4.01. The van der Waals surface area contributed by atoms with Gasteiger partial charge in [-0.1, -0.05) is 12.1 Å². The summed E-state index contributed by atoms with van der Waals surface area (Å²) in [5, 5.41) is 6.18. The van der Waals surface area contributed by atoms with Gasteiger partial charge < -0.3 is 20.3 Å². The monoisotopic (exact) mass is 369 g/mol. The fourth-order valence-corrected chi connectivity index (χ4v) is 2.79. The van der Waals surface area contributed by atoms with E-state index in [-0.39, 0.29) is 24.2 Å². The molecule has 1 unspecified atom stereocenters. The minimum absolute atomic E-state index is 0. The van der Waals surface area contributed by atoms with Crippen LogP contribution in [0, 0.1) is 0 Å². The van der Waals surface area contributed by atoms with E-state index in [0.29, 0.717) is 43.3 Å². The van der Waals surface area contributed by atoms with Gasteiger partial charge >= 0.3 is 0 Å². The van der Waals surface area contributed by atoms with E-state index in [9.17, 15) is 9.59 Å². The summed E-state index contributed by atoms with van der Waals surface area (Å²) >= 11 is 0. The predicted molar refractivity (Wildman–Crippen MR) is 100 cm³/mol. The van der Waals surface area contributed by atoms with Gasteiger partial charge in [-0.2, -0.15) is 0 Å². The number of hydrogen-bond acceptors (Lipinski definition) is 4. The maximum atomic E-state index is 12.2. The summed E-state index contributed by atoms with van der Waals surface area (Å²) in [7, 11) is 0. The number of rotatable bonds is 7. The number of halogens is 1. The fraction of sp³-hybridized carbons (Fsp3) is 0.556. The highest BCUT2D eigenvalue weighted by Crippen LogP contribution is 2.17. The first-order valence-electron chi connectivity index (χ1n) is 8.63. The van der Waals surface area contributed by atoms with Crippen molar-refractivity contribution in [1.29, 1.82) is 0 Å². The van der Waals surface area contributed by atoms with Gasteiger partial charge in [-0.3, -0.25) is 9.59 Å². The Morgan fingerprint density at radius 2 is 2.12 bits per heavy atom. The van der Waals surface area contributed by atoms with Crippen LogP contribution in [0.3, 0.4) is 0 Å². The Hall–Kier alpha value is -1.79. The first kappa shape index (κ1) is 21.3. The van der Waals surface area contributed by atoms with Gasteiger partial charge in [0.15, 0.2) is 0 Å². The first-order valence-corrected chi connectivity index (χ1v) is 8.63. The number of carbonyl (C=O) groups excluding carboxylic acids is 2. The molecule has 7 heteroatoms. The highest BCUT2D eigenvalue weighted by atomic mass is 35.5. The van der Waals surface area contributed by atoms with Crippen molar-refractivity contribution in [3.63, 3.8) is 0 Å². The van der Waals surface area contributed by atoms with Crippen molar-refractivity contribution in [2.75, 3.05) is 32.8 Å². The van der Waals surface area contributed by atoms with E-state index in [1.165, 1.54) is 0 Å². The molecule has 0 bridgehead atoms. The summed E-state index contributed by atoms with van der Waals surface area (Å²) in [6.45, 7) is 7.32. The summed E-state index contributed by atoms with van der Waals surface area (Å²) < 4.78 is 5.46. The second kappa shape index (κ2) is 10.9. The van der Waals surface area contributed by atoms with E-state index < -0.39 is 0 Å². The molecule has 0 spiro atoms. The quantitative estimate of drug-likeness (QED) is 0.719. The molecule has 140 valence electrons. The number of piperazine rings is 1. The summed E-state index contributed by atoms with van der Waals surface area (Å²) in [4.78, 5) is 26.3. The lowest BCUT2D eigenvalue weighted by Gasteiger charge is -2.32. The lowest BCUT2D eigenvalue weighted by molar-refractivity contribution is -0.132. The number of carbonyl (C=O) groups is 2. The number of benzene rings is 1. The van der Waals surface area contributed by atoms with Crippen LogP contribution >= 0.6 is 12.4 Å². The highest BCUT2D eigenvalue weighted by Gasteiger charge is 2.20. The molecule has 1 atom stereocenters. The molecule has 2 rings (SSSR count). The van der Waals surface area contributed by atoms with Crippen LogP contribution in [-0.2, 0) is 4.79 Å². The average Bonchev–Trinajstić information content (AvgIpc) is 2.59. The standard InChI is InChI=1S/C18H27N3O3.ClH/c1-3-24-16-8-5-4-7-15(16)18(23)20-10-6-9-17(22)21-12-11-19-14(2)13-21;/h4-5,7-8,14,19H,3,6,9-13H2,1-2H3,(H,20,23);1H. The summed E-state index contributed by atoms with van der Waals surface area (Å²) in [5.74, 6) is 0.581. The minimum atomic E-state index is -0.165. The van der Waals surface area contributed by atoms with Gasteiger partial charge in [-0.05, 0) is 32.4 Å². The van der Waals surface area contributed by atoms with Crippen LogP contribution in [0.5, 0.6) is 5.75 Å². The Bertz CT molecular complexity index is 568. The summed E-state index contributed by atoms with van der Waals surface area (Å²) in [5.41, 5.74) is 0.529. The molecule has 1 aromatic rings. The maximum Gasteiger partial charge on any atom is 0.255 e. The Balaban J connectivity index is 0.00000312. The van der Waals surface area contributed by atoms with E-state index in [0.717, 1.165) is 19.6 Å². The molecule has 2 amide bonds. The zero-order chi connectivity index (χ0) is 17.4. The van der Waals surface area contributed by atoms with Gasteiger partial charge in [-0.15, -0.1) is 12.4 Å². The predicted octanol–water partition coefficient (Wildman–Crippen LogP) is 1.84. The van der Waals surface area contributed by atoms with Crippen molar-refractivity contribution in [2.45, 2.75) is 32.7 Å². The van der Waals surface area contributed by atoms with Gasteiger partial charge in [0.25, 0.3) is 5.91 Å². The molecule has 6 nitrogen and oxygen atoms in total. The molecule has 2 N–H and O–H groups in total. The van der Waals surface area contributed by atoms with Crippen LogP contribution in [-0.4, -0.2) is 55.5 Å². The SMILES string of the molecule is CCOc1ccccc1C(=O)NCCCC(=O)N1CCNC(C)C1.Cl. The molecule has 1 saturated heterocycles. The molecule has 0 aromatic heterocycles. The average molecular weight is 370 g/mol. The number of nitrogens with one attached hydrogen (secondary N) is 2. The second-order valence-corrected chi connectivity index (χ2v) is 5.98. The number of hydrogen-bond donors (Lipinski definition) is 2. The van der Waals surface area contributed by atoms with E-state index in [2.05, 4.69) is 17.6 Å². The second-order valence-electron chi connectivity index (χ2n) is 5.98. The largest absolute Gasteiger partial charge is 0.493 e. The van der Waals surface area contributed by atoms with E-state index in [4.69, 9.17) is 4.74 Å². The molecule has 0 radical (unpaired) electrons. The Morgan fingerprint density at radius 1 is 1.36 bits per heavy atom. The van der Waals surface area contributed by atoms with Crippen LogP contribution in [0.25, 0.3) is 0 Å². The van der Waals surface area contributed by atoms with Gasteiger partial charge in [0, 0.05) is 38.6 Å². The maximum absolute atomic E-state index is 12.2. The molecule has 1 aromatic carbocycles. The smallest absolute Gasteiger partial charge is 0.255 e. The summed E-state index contributed by atoms with van der Waals surface area (Å²) in [6.07, 6.45) is 1.10. The molecule has 0 aliphatic carbocycles. The topological polar surface area (TPSA) is 70.7 Å². The van der Waals surface area contributed by atoms with Crippen LogP contribution in [0.15, 0.2) is 24.3 Å². The molecule has 25 heavy (non-hydrogen) atoms. The Morgan fingerprint density at radius 3 is 2.84 bits per heavy atom. The number of amides is 2. The van der Waals surface area contributed by atoms with Gasteiger partial charge in [0.2, 0.25) is 5.91 Å². The molecular formula is C18H28ClN3O3. The highest BCUT2D eigenvalue weighted by molar-refractivity contribution is 5.96. The number of nitrogens with zero attached hydrogens (tertiary/aromatic N) is 1. The lowest BCUT2D eigenvalue weighted by Crippen LogP contribution is -2.51. The number of para-hydroxylation sites is 1. The zero-order valence-corrected chi connectivity index (χ0v) is 15.7. The number of ether oxygens (including phenoxy) is 1. The van der Waals surface area contributed by atoms with Crippen molar-refractivity contribution in [1.82, 2.24) is 15.5 Å². The molecule has 1 heterocycles. The normalized spacial score (nSPS) is 16.7. The molecular weight excluding hydrogens is 342 g/mol. The molecule has 1 fully saturated rings. The Kier molecular flexibility index (Phi) is 9.31. The molecule has 1 aliphatic rings. The lowest BCUT2D eigenvalue weighted by atomic mass is 10.1. The van der Waals surface area contributed by atoms with Crippen LogP contribution in [0.2, 0.25) is 0 Å². The first-order chi connectivity index (χ1) is 11.6. The van der Waals surface area contributed by atoms with Gasteiger partial charge in [-0.25, -0.2) is 0 Å². The van der Waals surface area contributed by atoms with Crippen molar-refractivity contribution in [2.24, 2.45) is 0 Å². The van der Waals surface area contributed by atoms with E-state index >= 15 is 0 Å². The van der Waals surface area contributed by atoms with Crippen LogP contribution in [0.1, 0.15) is 37.0 Å². The molecule has 0 saturated carbocycles. The van der Waals surface area contributed by atoms with Crippen molar-refractivity contribution < 1.29 is 14.3 Å². The van der Waals surface area contributed by atoms with Gasteiger partial charge in [0.1, 0.15) is 5.75 Å². The van der Waals surface area contributed by atoms with E-state index in [1.54, 1.807) is 12.1 Å². The van der Waals surface area contributed by atoms with Crippen molar-refractivity contribution >= 4 is 24.2 Å². The van der Waals surface area contributed by atoms with Crippen LogP contribution in [0.4, 0.5) is 0 Å². The third-order valence-corrected chi connectivity index (χ3v) is 4.01. The summed E-state index contributed by atoms with van der Waals surface area (Å²) in [6, 6.07) is 7.53. The van der Waals surface area contributed by atoms with Crippen molar-refractivity contribution in [3.8, 4) is 5.75 Å². The fourth-order valence-electron chi connectivity index (χ4n) is 2.79. The molecule has 1 aliphatic heterocycles.